The predicted octanol–water partition coefficient (Wildman–Crippen LogP) is 0.0107. The van der Waals surface area contributed by atoms with E-state index in [1.807, 2.05) is 6.07 Å². The fourth-order valence-electron chi connectivity index (χ4n) is 0.503. The molecule has 1 aliphatic rings. The summed E-state index contributed by atoms with van der Waals surface area (Å²) in [6.45, 7) is 0. The van der Waals surface area contributed by atoms with Crippen LogP contribution in [0.1, 0.15) is 0 Å². The third-order valence-corrected chi connectivity index (χ3v) is 0.960. The minimum Gasteiger partial charge on any atom is -0.386 e. The molecule has 0 saturated carbocycles. The van der Waals surface area contributed by atoms with Crippen LogP contribution in [0.2, 0.25) is 0 Å². The monoisotopic (exact) mass is 107 g/mol. The molecule has 1 rings (SSSR count). The van der Waals surface area contributed by atoms with Crippen LogP contribution in [0, 0.1) is 17.2 Å². The van der Waals surface area contributed by atoms with Crippen LogP contribution in [-0.4, -0.2) is 5.84 Å². The lowest BCUT2D eigenvalue weighted by atomic mass is 10.2. The van der Waals surface area contributed by atoms with Crippen molar-refractivity contribution in [2.75, 3.05) is 0 Å². The van der Waals surface area contributed by atoms with E-state index in [0.29, 0.717) is 5.84 Å². The molecule has 0 aromatic heterocycles. The largest absolute Gasteiger partial charge is 0.386 e. The minimum absolute atomic E-state index is 0.282. The number of rotatable bonds is 0. The van der Waals surface area contributed by atoms with Crippen LogP contribution in [0.5, 0.6) is 0 Å². The zero-order chi connectivity index (χ0) is 5.98. The van der Waals surface area contributed by atoms with Crippen molar-refractivity contribution in [2.24, 2.45) is 16.6 Å². The lowest BCUT2D eigenvalue weighted by molar-refractivity contribution is 1.15. The summed E-state index contributed by atoms with van der Waals surface area (Å²) in [7, 11) is 0. The Balaban J connectivity index is 2.76. The average molecular weight is 107 g/mol. The van der Waals surface area contributed by atoms with Crippen molar-refractivity contribution in [1.82, 2.24) is 0 Å². The van der Waals surface area contributed by atoms with Crippen LogP contribution in [0.3, 0.4) is 0 Å². The summed E-state index contributed by atoms with van der Waals surface area (Å²) in [5.41, 5.74) is 5.25. The van der Waals surface area contributed by atoms with E-state index in [-0.39, 0.29) is 5.92 Å². The topological polar surface area (TPSA) is 62.2 Å². The highest BCUT2D eigenvalue weighted by molar-refractivity contribution is 5.89. The van der Waals surface area contributed by atoms with Crippen LogP contribution in [0.15, 0.2) is 17.3 Å². The second kappa shape index (κ2) is 1.66. The van der Waals surface area contributed by atoms with E-state index in [1.165, 1.54) is 0 Å². The molecule has 8 heavy (non-hydrogen) atoms. The van der Waals surface area contributed by atoms with Gasteiger partial charge in [-0.2, -0.15) is 5.26 Å². The van der Waals surface area contributed by atoms with Gasteiger partial charge in [0, 0.05) is 6.20 Å². The molecule has 1 unspecified atom stereocenters. The summed E-state index contributed by atoms with van der Waals surface area (Å²) in [5.74, 6) is 0.113. The number of hydrogen-bond donors (Lipinski definition) is 1. The normalized spacial score (nSPS) is 24.9. The maximum atomic E-state index is 8.27. The quantitative estimate of drug-likeness (QED) is 0.474. The summed E-state index contributed by atoms with van der Waals surface area (Å²) in [6.07, 6.45) is 3.21. The van der Waals surface area contributed by atoms with Gasteiger partial charge in [-0.25, -0.2) is 4.99 Å². The van der Waals surface area contributed by atoms with E-state index >= 15 is 0 Å². The van der Waals surface area contributed by atoms with Crippen LogP contribution in [0.4, 0.5) is 0 Å². The molecule has 0 radical (unpaired) electrons. The smallest absolute Gasteiger partial charge is 0.123 e. The summed E-state index contributed by atoms with van der Waals surface area (Å²) < 4.78 is 0. The van der Waals surface area contributed by atoms with Crippen LogP contribution < -0.4 is 5.73 Å². The highest BCUT2D eigenvalue weighted by Gasteiger charge is 2.10. The Labute approximate surface area is 47.1 Å². The van der Waals surface area contributed by atoms with Gasteiger partial charge in [0.1, 0.15) is 11.8 Å². The molecule has 2 N–H and O–H groups in total. The molecule has 1 atom stereocenters. The summed E-state index contributed by atoms with van der Waals surface area (Å²) in [4.78, 5) is 3.68. The first kappa shape index (κ1) is 4.85. The number of nitrogens with zero attached hydrogens (tertiary/aromatic N) is 2. The molecule has 0 saturated heterocycles. The Morgan fingerprint density at radius 1 is 1.88 bits per heavy atom. The molecule has 1 aliphatic heterocycles. The van der Waals surface area contributed by atoms with Gasteiger partial charge in [0.25, 0.3) is 0 Å². The van der Waals surface area contributed by atoms with Gasteiger partial charge in [-0.3, -0.25) is 0 Å². The van der Waals surface area contributed by atoms with E-state index < -0.39 is 0 Å². The van der Waals surface area contributed by atoms with E-state index in [0.717, 1.165) is 0 Å². The Morgan fingerprint density at radius 3 is 2.88 bits per heavy atom. The maximum absolute atomic E-state index is 8.27. The van der Waals surface area contributed by atoms with Crippen molar-refractivity contribution < 1.29 is 0 Å². The van der Waals surface area contributed by atoms with Crippen molar-refractivity contribution in [3.05, 3.63) is 12.3 Å². The number of aliphatic imine (C=N–C) groups is 1. The molecule has 0 amide bonds. The maximum Gasteiger partial charge on any atom is 0.123 e. The van der Waals surface area contributed by atoms with E-state index in [9.17, 15) is 0 Å². The second-order valence-electron chi connectivity index (χ2n) is 1.50. The van der Waals surface area contributed by atoms with Gasteiger partial charge in [-0.15, -0.1) is 0 Å². The van der Waals surface area contributed by atoms with Crippen molar-refractivity contribution in [2.45, 2.75) is 0 Å². The highest BCUT2D eigenvalue weighted by atomic mass is 14.9. The highest BCUT2D eigenvalue weighted by Crippen LogP contribution is 2.03. The number of nitrogens with two attached hydrogens (primary N) is 1. The number of nitriles is 1. The van der Waals surface area contributed by atoms with E-state index in [4.69, 9.17) is 11.0 Å². The molecule has 40 valence electrons. The van der Waals surface area contributed by atoms with Crippen molar-refractivity contribution in [1.29, 1.82) is 5.26 Å². The van der Waals surface area contributed by atoms with E-state index in [2.05, 4.69) is 4.99 Å². The Hall–Kier alpha value is -1.30. The average Bonchev–Trinajstić information content (AvgIpc) is 2.14. The van der Waals surface area contributed by atoms with Gasteiger partial charge >= 0.3 is 0 Å². The summed E-state index contributed by atoms with van der Waals surface area (Å²) in [6, 6.07) is 1.97. The number of hydrogen-bond acceptors (Lipinski definition) is 3. The fraction of sp³-hybridized carbons (Fsp3) is 0.200. The van der Waals surface area contributed by atoms with Gasteiger partial charge in [0.2, 0.25) is 0 Å². The molecule has 0 spiro atoms. The Kier molecular flexibility index (Phi) is 1.01. The number of amidine groups is 1. The minimum atomic E-state index is -0.282. The molecular formula is C5H5N3. The zero-order valence-electron chi connectivity index (χ0n) is 4.20. The first-order valence-corrected chi connectivity index (χ1v) is 2.24. The van der Waals surface area contributed by atoms with Crippen LogP contribution in [-0.2, 0) is 0 Å². The lowest BCUT2D eigenvalue weighted by Crippen LogP contribution is -2.17. The molecule has 0 aromatic carbocycles. The molecule has 0 aromatic rings. The molecule has 3 nitrogen and oxygen atoms in total. The molecule has 0 aliphatic carbocycles. The Bertz CT molecular complexity index is 184. The van der Waals surface area contributed by atoms with Gasteiger partial charge in [-0.05, 0) is 6.08 Å². The van der Waals surface area contributed by atoms with Crippen molar-refractivity contribution >= 4 is 5.84 Å². The molecule has 3 heteroatoms. The van der Waals surface area contributed by atoms with Crippen molar-refractivity contribution in [3.63, 3.8) is 0 Å². The zero-order valence-corrected chi connectivity index (χ0v) is 4.20. The molecule has 0 fully saturated rings. The fourth-order valence-corrected chi connectivity index (χ4v) is 0.503. The molecule has 0 bridgehead atoms. The van der Waals surface area contributed by atoms with Gasteiger partial charge in [0.15, 0.2) is 0 Å². The third-order valence-electron chi connectivity index (χ3n) is 0.960. The molecule has 1 heterocycles. The summed E-state index contributed by atoms with van der Waals surface area (Å²) >= 11 is 0. The standard InChI is InChI=1S/C5H5N3/c6-3-4-1-2-8-5(4)7/h1-2,4H,(H2,7,8). The van der Waals surface area contributed by atoms with Gasteiger partial charge in [0.05, 0.1) is 6.07 Å². The van der Waals surface area contributed by atoms with Gasteiger partial charge in [-0.1, -0.05) is 0 Å². The molecular weight excluding hydrogens is 102 g/mol. The van der Waals surface area contributed by atoms with Crippen LogP contribution in [0.25, 0.3) is 0 Å². The Morgan fingerprint density at radius 2 is 2.62 bits per heavy atom. The summed E-state index contributed by atoms with van der Waals surface area (Å²) in [5, 5.41) is 8.27. The lowest BCUT2D eigenvalue weighted by Gasteiger charge is -1.91. The SMILES string of the molecule is N#CC1C=CN=C1N. The third kappa shape index (κ3) is 0.562. The van der Waals surface area contributed by atoms with Crippen LogP contribution >= 0.6 is 0 Å². The predicted molar refractivity (Wildman–Crippen MR) is 29.9 cm³/mol. The first-order valence-electron chi connectivity index (χ1n) is 2.24. The van der Waals surface area contributed by atoms with E-state index in [1.54, 1.807) is 12.3 Å². The van der Waals surface area contributed by atoms with Crippen molar-refractivity contribution in [3.8, 4) is 6.07 Å². The van der Waals surface area contributed by atoms with Gasteiger partial charge < -0.3 is 5.73 Å². The first-order chi connectivity index (χ1) is 3.84. The second-order valence-corrected chi connectivity index (χ2v) is 1.50.